The average Bonchev–Trinajstić information content (AvgIpc) is 1.81. The van der Waals surface area contributed by atoms with Gasteiger partial charge in [0.1, 0.15) is 0 Å². The molecular formula is C10H24N2. The Hall–Kier alpha value is -0.550. The second-order valence-electron chi connectivity index (χ2n) is 3.24. The lowest BCUT2D eigenvalue weighted by Crippen LogP contribution is -2.27. The molecule has 0 radical (unpaired) electrons. The summed E-state index contributed by atoms with van der Waals surface area (Å²) in [4.78, 5) is 1.96. The first-order valence-electron chi connectivity index (χ1n) is 3.64. The Morgan fingerprint density at radius 1 is 1.25 bits per heavy atom. The van der Waals surface area contributed by atoms with Gasteiger partial charge < -0.3 is 0 Å². The normalized spacial score (nSPS) is 11.4. The van der Waals surface area contributed by atoms with Crippen molar-refractivity contribution >= 4 is 0 Å². The molecule has 0 amide bonds. The molecule has 2 heteroatoms. The Morgan fingerprint density at radius 2 is 1.67 bits per heavy atom. The van der Waals surface area contributed by atoms with Crippen LogP contribution >= 0.6 is 0 Å². The van der Waals surface area contributed by atoms with E-state index in [1.54, 1.807) is 0 Å². The van der Waals surface area contributed by atoms with Crippen LogP contribution in [0.4, 0.5) is 0 Å². The van der Waals surface area contributed by atoms with Crippen molar-refractivity contribution in [2.24, 2.45) is 5.92 Å². The van der Waals surface area contributed by atoms with Crippen molar-refractivity contribution in [3.8, 4) is 6.07 Å². The number of hydrogen-bond acceptors (Lipinski definition) is 2. The summed E-state index contributed by atoms with van der Waals surface area (Å²) in [5.74, 6) is 0.604. The van der Waals surface area contributed by atoms with E-state index in [0.717, 1.165) is 6.42 Å². The zero-order valence-electron chi connectivity index (χ0n) is 7.26. The highest BCUT2D eigenvalue weighted by molar-refractivity contribution is 4.89. The zero-order valence-corrected chi connectivity index (χ0v) is 7.26. The molecule has 0 aliphatic rings. The van der Waals surface area contributed by atoms with Gasteiger partial charge in [0.2, 0.25) is 0 Å². The minimum atomic E-state index is 0. The van der Waals surface area contributed by atoms with Crippen molar-refractivity contribution in [2.45, 2.75) is 41.2 Å². The minimum absolute atomic E-state index is 0. The fourth-order valence-electron chi connectivity index (χ4n) is 0.826. The fourth-order valence-corrected chi connectivity index (χ4v) is 0.826. The van der Waals surface area contributed by atoms with E-state index >= 15 is 0 Å². The topological polar surface area (TPSA) is 27.0 Å². The van der Waals surface area contributed by atoms with E-state index < -0.39 is 0 Å². The maximum absolute atomic E-state index is 8.65. The number of nitriles is 1. The van der Waals surface area contributed by atoms with Crippen LogP contribution in [-0.2, 0) is 0 Å². The Balaban J connectivity index is -0.000000405. The molecule has 0 N–H and O–H groups in total. The second kappa shape index (κ2) is 8.55. The first kappa shape index (κ1) is 17.5. The quantitative estimate of drug-likeness (QED) is 0.654. The van der Waals surface area contributed by atoms with Gasteiger partial charge in [0.05, 0.1) is 12.1 Å². The highest BCUT2D eigenvalue weighted by atomic mass is 15.1. The third-order valence-electron chi connectivity index (χ3n) is 1.47. The predicted molar refractivity (Wildman–Crippen MR) is 56.0 cm³/mol. The van der Waals surface area contributed by atoms with Gasteiger partial charge in [0.15, 0.2) is 0 Å². The molecule has 0 bridgehead atoms. The molecule has 0 aromatic heterocycles. The fraction of sp³-hybridized carbons (Fsp3) is 0.900. The molecule has 0 aliphatic carbocycles. The van der Waals surface area contributed by atoms with Gasteiger partial charge in [-0.2, -0.15) is 5.26 Å². The summed E-state index contributed by atoms with van der Waals surface area (Å²) >= 11 is 0. The third-order valence-corrected chi connectivity index (χ3v) is 1.47. The van der Waals surface area contributed by atoms with Crippen molar-refractivity contribution in [2.75, 3.05) is 14.1 Å². The first-order chi connectivity index (χ1) is 4.57. The van der Waals surface area contributed by atoms with E-state index in [1.165, 1.54) is 0 Å². The van der Waals surface area contributed by atoms with Crippen LogP contribution in [0, 0.1) is 17.2 Å². The summed E-state index contributed by atoms with van der Waals surface area (Å²) in [5, 5.41) is 8.65. The van der Waals surface area contributed by atoms with Gasteiger partial charge in [0.25, 0.3) is 0 Å². The van der Waals surface area contributed by atoms with Crippen LogP contribution in [0.3, 0.4) is 0 Å². The van der Waals surface area contributed by atoms with Crippen molar-refractivity contribution < 1.29 is 0 Å². The SMILES string of the molecule is C.C.CC(C)CC(C#N)N(C)C. The van der Waals surface area contributed by atoms with Crippen molar-refractivity contribution in [3.05, 3.63) is 0 Å². The second-order valence-corrected chi connectivity index (χ2v) is 3.24. The predicted octanol–water partition coefficient (Wildman–Crippen LogP) is 2.76. The lowest BCUT2D eigenvalue weighted by atomic mass is 10.0. The molecule has 12 heavy (non-hydrogen) atoms. The van der Waals surface area contributed by atoms with E-state index in [-0.39, 0.29) is 20.9 Å². The molecule has 0 aromatic carbocycles. The monoisotopic (exact) mass is 172 g/mol. The van der Waals surface area contributed by atoms with Crippen LogP contribution in [0.1, 0.15) is 35.1 Å². The van der Waals surface area contributed by atoms with Crippen LogP contribution in [0.2, 0.25) is 0 Å². The molecule has 0 saturated carbocycles. The molecule has 0 spiro atoms. The van der Waals surface area contributed by atoms with Gasteiger partial charge in [-0.3, -0.25) is 4.90 Å². The molecule has 1 unspecified atom stereocenters. The van der Waals surface area contributed by atoms with Gasteiger partial charge in [-0.1, -0.05) is 28.7 Å². The molecule has 0 aliphatic heterocycles. The highest BCUT2D eigenvalue weighted by Crippen LogP contribution is 2.07. The van der Waals surface area contributed by atoms with E-state index in [2.05, 4.69) is 19.9 Å². The first-order valence-corrected chi connectivity index (χ1v) is 3.64. The standard InChI is InChI=1S/C8H16N2.2CH4/c1-7(2)5-8(6-9)10(3)4;;/h7-8H,5H2,1-4H3;2*1H4. The lowest BCUT2D eigenvalue weighted by molar-refractivity contribution is 0.307. The van der Waals surface area contributed by atoms with Crippen molar-refractivity contribution in [3.63, 3.8) is 0 Å². The number of hydrogen-bond donors (Lipinski definition) is 0. The molecule has 2 nitrogen and oxygen atoms in total. The molecule has 0 heterocycles. The summed E-state index contributed by atoms with van der Waals surface area (Å²) in [6.07, 6.45) is 0.962. The smallest absolute Gasteiger partial charge is 0.0975 e. The maximum atomic E-state index is 8.65. The summed E-state index contributed by atoms with van der Waals surface area (Å²) in [7, 11) is 3.88. The van der Waals surface area contributed by atoms with Crippen molar-refractivity contribution in [1.82, 2.24) is 4.90 Å². The summed E-state index contributed by atoms with van der Waals surface area (Å²) in [5.41, 5.74) is 0. The van der Waals surface area contributed by atoms with E-state index in [1.807, 2.05) is 19.0 Å². The van der Waals surface area contributed by atoms with Gasteiger partial charge >= 0.3 is 0 Å². The summed E-state index contributed by atoms with van der Waals surface area (Å²) < 4.78 is 0. The molecular weight excluding hydrogens is 148 g/mol. The highest BCUT2D eigenvalue weighted by Gasteiger charge is 2.10. The Labute approximate surface area is 78.2 Å². The van der Waals surface area contributed by atoms with Crippen LogP contribution in [0.5, 0.6) is 0 Å². The zero-order chi connectivity index (χ0) is 8.15. The van der Waals surface area contributed by atoms with Crippen LogP contribution in [0.15, 0.2) is 0 Å². The van der Waals surface area contributed by atoms with Crippen LogP contribution in [0.25, 0.3) is 0 Å². The largest absolute Gasteiger partial charge is 0.294 e. The minimum Gasteiger partial charge on any atom is -0.294 e. The summed E-state index contributed by atoms with van der Waals surface area (Å²) in [6, 6.07) is 2.34. The van der Waals surface area contributed by atoms with E-state index in [4.69, 9.17) is 5.26 Å². The van der Waals surface area contributed by atoms with E-state index in [9.17, 15) is 0 Å². The number of nitrogens with zero attached hydrogens (tertiary/aromatic N) is 2. The van der Waals surface area contributed by atoms with Gasteiger partial charge in [0, 0.05) is 0 Å². The maximum Gasteiger partial charge on any atom is 0.0975 e. The number of rotatable bonds is 3. The van der Waals surface area contributed by atoms with Gasteiger partial charge in [-0.05, 0) is 26.4 Å². The summed E-state index contributed by atoms with van der Waals surface area (Å²) in [6.45, 7) is 4.27. The Morgan fingerprint density at radius 3 is 1.75 bits per heavy atom. The lowest BCUT2D eigenvalue weighted by Gasteiger charge is -2.18. The average molecular weight is 172 g/mol. The molecule has 1 atom stereocenters. The Bertz CT molecular complexity index is 122. The van der Waals surface area contributed by atoms with Crippen LogP contribution in [-0.4, -0.2) is 25.0 Å². The Kier molecular flexibility index (Phi) is 12.5. The van der Waals surface area contributed by atoms with E-state index in [0.29, 0.717) is 5.92 Å². The molecule has 0 rings (SSSR count). The molecule has 0 saturated heterocycles. The van der Waals surface area contributed by atoms with Crippen molar-refractivity contribution in [1.29, 1.82) is 5.26 Å². The molecule has 74 valence electrons. The molecule has 0 fully saturated rings. The molecule has 0 aromatic rings. The van der Waals surface area contributed by atoms with Gasteiger partial charge in [-0.15, -0.1) is 0 Å². The van der Waals surface area contributed by atoms with Gasteiger partial charge in [-0.25, -0.2) is 0 Å². The third kappa shape index (κ3) is 7.56. The van der Waals surface area contributed by atoms with Crippen LogP contribution < -0.4 is 0 Å².